The average molecular weight is 644 g/mol. The van der Waals surface area contributed by atoms with Crippen molar-refractivity contribution < 1.29 is 19.4 Å². The van der Waals surface area contributed by atoms with Crippen molar-refractivity contribution in [1.82, 2.24) is 24.5 Å². The second kappa shape index (κ2) is 11.8. The van der Waals surface area contributed by atoms with Gasteiger partial charge in [-0.3, -0.25) is 23.9 Å². The van der Waals surface area contributed by atoms with Crippen LogP contribution < -0.4 is 11.2 Å². The van der Waals surface area contributed by atoms with Crippen LogP contribution in [0.15, 0.2) is 58.9 Å². The summed E-state index contributed by atoms with van der Waals surface area (Å²) < 4.78 is 9.23. The molecule has 2 aromatic heterocycles. The summed E-state index contributed by atoms with van der Waals surface area (Å²) in [5.74, 6) is -0.531. The predicted molar refractivity (Wildman–Crippen MR) is 175 cm³/mol. The first-order chi connectivity index (χ1) is 22.2. The smallest absolute Gasteiger partial charge is 0.328 e. The molecule has 11 heteroatoms. The lowest BCUT2D eigenvalue weighted by molar-refractivity contribution is -0.207. The maximum absolute atomic E-state index is 13.7. The normalized spacial score (nSPS) is 33.5. The minimum atomic E-state index is -0.729. The van der Waals surface area contributed by atoms with E-state index in [1.165, 1.54) is 15.4 Å². The van der Waals surface area contributed by atoms with Crippen LogP contribution in [0.3, 0.4) is 0 Å². The van der Waals surface area contributed by atoms with E-state index in [1.54, 1.807) is 19.2 Å². The fourth-order valence-corrected chi connectivity index (χ4v) is 9.10. The first kappa shape index (κ1) is 32.8. The molecule has 0 saturated heterocycles. The topological polar surface area (TPSA) is 149 Å². The molecule has 0 aliphatic heterocycles. The SMILES string of the molecule is C=C[C@]1(C)C[C@@H](OC(=O)Cn2cc(-c3cccc(Cn4cc(C)c(=O)[nH]c4=O)c3)nn2)[C@]2(C)[C@H](C)CC[C@]3(CCC(=O)[C@H]32)[C@@H](C)[C@@H]1O. The minimum Gasteiger partial charge on any atom is -0.460 e. The van der Waals surface area contributed by atoms with E-state index in [4.69, 9.17) is 4.74 Å². The molecule has 1 aromatic carbocycles. The average Bonchev–Trinajstić information content (AvgIpc) is 3.65. The molecule has 2 bridgehead atoms. The molecular formula is C36H45N5O6. The third-order valence-electron chi connectivity index (χ3n) is 12.2. The van der Waals surface area contributed by atoms with E-state index in [0.29, 0.717) is 24.1 Å². The standard InChI is InChI=1S/C36H45N5O6/c1-7-34(5)16-28(35(6)22(3)11-13-36(23(4)31(34)44)14-12-27(42)30(35)36)47-29(43)20-41-19-26(38-39-41)25-10-8-9-24(15-25)18-40-17-21(2)32(45)37-33(40)46/h7-10,15,17,19,22-23,28,30-31,44H,1,11-14,16,18,20H2,2-6H3,(H,37,45,46)/t22-,23+,28-,30+,31+,34-,35+,36+/m1/s1. The second-order valence-corrected chi connectivity index (χ2v) is 14.8. The summed E-state index contributed by atoms with van der Waals surface area (Å²) in [6.45, 7) is 14.2. The first-order valence-electron chi connectivity index (χ1n) is 16.6. The summed E-state index contributed by atoms with van der Waals surface area (Å²) in [5, 5.41) is 20.2. The number of carbonyl (C=O) groups is 2. The van der Waals surface area contributed by atoms with Gasteiger partial charge in [-0.25, -0.2) is 9.48 Å². The highest BCUT2D eigenvalue weighted by Crippen LogP contribution is 2.68. The zero-order valence-electron chi connectivity index (χ0n) is 27.9. The van der Waals surface area contributed by atoms with Crippen LogP contribution in [0.4, 0.5) is 0 Å². The van der Waals surface area contributed by atoms with Gasteiger partial charge in [0.25, 0.3) is 5.56 Å². The molecule has 0 amide bonds. The Kier molecular flexibility index (Phi) is 8.27. The predicted octanol–water partition coefficient (Wildman–Crippen LogP) is 4.06. The van der Waals surface area contributed by atoms with E-state index >= 15 is 0 Å². The van der Waals surface area contributed by atoms with E-state index in [-0.39, 0.29) is 42.0 Å². The minimum absolute atomic E-state index is 0.0979. The molecule has 3 fully saturated rings. The number of carbonyl (C=O) groups excluding carboxylic acids is 2. The van der Waals surface area contributed by atoms with Crippen molar-refractivity contribution in [2.24, 2.45) is 34.0 Å². The van der Waals surface area contributed by atoms with E-state index in [1.807, 2.05) is 31.2 Å². The summed E-state index contributed by atoms with van der Waals surface area (Å²) in [6.07, 6.45) is 7.02. The van der Waals surface area contributed by atoms with Crippen molar-refractivity contribution in [3.8, 4) is 11.3 Å². The number of esters is 1. The van der Waals surface area contributed by atoms with Gasteiger partial charge in [0, 0.05) is 40.5 Å². The van der Waals surface area contributed by atoms with Crippen LogP contribution in [0.1, 0.15) is 70.9 Å². The Morgan fingerprint density at radius 3 is 2.70 bits per heavy atom. The molecule has 6 rings (SSSR count). The van der Waals surface area contributed by atoms with Gasteiger partial charge >= 0.3 is 11.7 Å². The van der Waals surface area contributed by atoms with Crippen molar-refractivity contribution in [1.29, 1.82) is 0 Å². The number of ether oxygens (including phenoxy) is 1. The van der Waals surface area contributed by atoms with Crippen LogP contribution in [0, 0.1) is 40.9 Å². The molecule has 250 valence electrons. The van der Waals surface area contributed by atoms with Gasteiger partial charge in [0.2, 0.25) is 0 Å². The van der Waals surface area contributed by atoms with E-state index < -0.39 is 40.3 Å². The molecule has 0 spiro atoms. The Hall–Kier alpha value is -4.12. The number of hydrogen-bond acceptors (Lipinski definition) is 8. The summed E-state index contributed by atoms with van der Waals surface area (Å²) in [5.41, 5.74) is 0.0104. The Balaban J connectivity index is 1.24. The second-order valence-electron chi connectivity index (χ2n) is 14.8. The highest BCUT2D eigenvalue weighted by atomic mass is 16.5. The van der Waals surface area contributed by atoms with Crippen LogP contribution in [-0.4, -0.2) is 53.6 Å². The van der Waals surface area contributed by atoms with Crippen LogP contribution >= 0.6 is 0 Å². The van der Waals surface area contributed by atoms with Crippen molar-refractivity contribution in [2.75, 3.05) is 0 Å². The Morgan fingerprint density at radius 1 is 1.19 bits per heavy atom. The molecule has 2 N–H and O–H groups in total. The van der Waals surface area contributed by atoms with Crippen LogP contribution in [0.25, 0.3) is 11.3 Å². The summed E-state index contributed by atoms with van der Waals surface area (Å²) in [7, 11) is 0. The Morgan fingerprint density at radius 2 is 1.96 bits per heavy atom. The quantitative estimate of drug-likeness (QED) is 0.289. The lowest BCUT2D eigenvalue weighted by atomic mass is 9.44. The van der Waals surface area contributed by atoms with Gasteiger partial charge in [-0.15, -0.1) is 11.7 Å². The number of nitrogens with one attached hydrogen (secondary N) is 1. The molecule has 2 heterocycles. The number of rotatable bonds is 7. The maximum Gasteiger partial charge on any atom is 0.328 e. The molecule has 3 aromatic rings. The highest BCUT2D eigenvalue weighted by Gasteiger charge is 2.68. The molecule has 3 saturated carbocycles. The third kappa shape index (κ3) is 5.42. The molecule has 3 aliphatic rings. The maximum atomic E-state index is 13.7. The molecule has 8 atom stereocenters. The molecule has 47 heavy (non-hydrogen) atoms. The van der Waals surface area contributed by atoms with E-state index in [2.05, 4.69) is 42.6 Å². The molecular weight excluding hydrogens is 598 g/mol. The Bertz CT molecular complexity index is 1840. The number of ketones is 1. The number of aliphatic hydroxyl groups excluding tert-OH is 1. The van der Waals surface area contributed by atoms with Gasteiger partial charge in [-0.2, -0.15) is 0 Å². The first-order valence-corrected chi connectivity index (χ1v) is 16.6. The lowest BCUT2D eigenvalue weighted by Gasteiger charge is -2.61. The summed E-state index contributed by atoms with van der Waals surface area (Å²) in [6, 6.07) is 7.47. The molecule has 3 aliphatic carbocycles. The number of aliphatic hydroxyl groups is 1. The van der Waals surface area contributed by atoms with Crippen LogP contribution in [0.5, 0.6) is 0 Å². The molecule has 0 radical (unpaired) electrons. The molecule has 0 unspecified atom stereocenters. The van der Waals surface area contributed by atoms with Gasteiger partial charge < -0.3 is 9.84 Å². The third-order valence-corrected chi connectivity index (χ3v) is 12.2. The van der Waals surface area contributed by atoms with E-state index in [9.17, 15) is 24.3 Å². The summed E-state index contributed by atoms with van der Waals surface area (Å²) in [4.78, 5) is 53.7. The number of aromatic nitrogens is 5. The number of nitrogens with zero attached hydrogens (tertiary/aromatic N) is 4. The van der Waals surface area contributed by atoms with Gasteiger partial charge in [0.05, 0.1) is 18.8 Å². The summed E-state index contributed by atoms with van der Waals surface area (Å²) >= 11 is 0. The van der Waals surface area contributed by atoms with Gasteiger partial charge in [-0.05, 0) is 61.5 Å². The zero-order chi connectivity index (χ0) is 33.9. The van der Waals surface area contributed by atoms with E-state index in [0.717, 1.165) is 30.4 Å². The van der Waals surface area contributed by atoms with Gasteiger partial charge in [-0.1, -0.05) is 57.2 Å². The van der Waals surface area contributed by atoms with Crippen molar-refractivity contribution in [2.45, 2.75) is 92.0 Å². The monoisotopic (exact) mass is 643 g/mol. The number of H-pyrrole nitrogens is 1. The fraction of sp³-hybridized carbons (Fsp3) is 0.556. The largest absolute Gasteiger partial charge is 0.460 e. The van der Waals surface area contributed by atoms with Crippen LogP contribution in [0.2, 0.25) is 0 Å². The zero-order valence-corrected chi connectivity index (χ0v) is 27.9. The Labute approximate surface area is 274 Å². The van der Waals surface area contributed by atoms with Gasteiger partial charge in [0.1, 0.15) is 24.1 Å². The fourth-order valence-electron chi connectivity index (χ4n) is 9.10. The number of benzene rings is 1. The highest BCUT2D eigenvalue weighted by molar-refractivity contribution is 5.85. The number of Topliss-reactive ketones (excluding diaryl/α,β-unsaturated/α-hetero) is 1. The lowest BCUT2D eigenvalue weighted by Crippen LogP contribution is -2.63. The van der Waals surface area contributed by atoms with Crippen molar-refractivity contribution in [3.63, 3.8) is 0 Å². The number of aryl methyl sites for hydroxylation is 1. The number of hydrogen-bond donors (Lipinski definition) is 2. The number of aromatic amines is 1. The van der Waals surface area contributed by atoms with Crippen LogP contribution in [-0.2, 0) is 27.4 Å². The van der Waals surface area contributed by atoms with Crippen molar-refractivity contribution >= 4 is 11.8 Å². The van der Waals surface area contributed by atoms with Gasteiger partial charge in [0.15, 0.2) is 0 Å². The molecule has 11 nitrogen and oxygen atoms in total. The van der Waals surface area contributed by atoms with Crippen molar-refractivity contribution in [3.05, 3.63) is 81.3 Å².